The number of rotatable bonds is 8. The molecule has 0 bridgehead atoms. The zero-order chi connectivity index (χ0) is 37.4. The molecule has 2 atom stereocenters. The fourth-order valence-electron chi connectivity index (χ4n) is 6.12. The molecule has 0 aromatic heterocycles. The zero-order valence-electron chi connectivity index (χ0n) is 29.0. The quantitative estimate of drug-likeness (QED) is 0.173. The number of carboxylic acids is 1. The highest BCUT2D eigenvalue weighted by Crippen LogP contribution is 2.48. The van der Waals surface area contributed by atoms with E-state index in [9.17, 15) is 14.7 Å². The van der Waals surface area contributed by atoms with Gasteiger partial charge in [-0.1, -0.05) is 35.3 Å². The third kappa shape index (κ3) is 7.27. The SMILES string of the molecule is CC(C)Oc1ccc2c(c1)C(Cl)=C(C(=O)O)C(c1ccc3c(c1)OCO3)O2.CC(C)Oc1ccc2c(c1)C(Cl)=C(C=O)C(c1ccc3c(c1)OCO3)O2. The Labute approximate surface area is 315 Å². The van der Waals surface area contributed by atoms with Gasteiger partial charge in [-0.05, 0) is 88.4 Å². The van der Waals surface area contributed by atoms with Crippen LogP contribution in [0.4, 0.5) is 0 Å². The van der Waals surface area contributed by atoms with Crippen LogP contribution in [0, 0.1) is 0 Å². The molecule has 4 heterocycles. The van der Waals surface area contributed by atoms with Crippen LogP contribution in [0.5, 0.6) is 46.0 Å². The molecule has 13 heteroatoms. The highest BCUT2D eigenvalue weighted by molar-refractivity contribution is 6.51. The number of carbonyl (C=O) groups is 2. The van der Waals surface area contributed by atoms with Gasteiger partial charge in [0, 0.05) is 22.3 Å². The Hall–Kier alpha value is -5.52. The second-order valence-corrected chi connectivity index (χ2v) is 13.5. The zero-order valence-corrected chi connectivity index (χ0v) is 30.5. The molecule has 0 saturated heterocycles. The Bertz CT molecular complexity index is 2160. The number of aliphatic carboxylic acids is 1. The Kier molecular flexibility index (Phi) is 10.0. The van der Waals surface area contributed by atoms with Crippen LogP contribution in [0.2, 0.25) is 0 Å². The van der Waals surface area contributed by atoms with Crippen molar-refractivity contribution in [2.45, 2.75) is 52.1 Å². The molecule has 4 aliphatic rings. The second-order valence-electron chi connectivity index (χ2n) is 12.8. The van der Waals surface area contributed by atoms with Crippen LogP contribution < -0.4 is 37.9 Å². The summed E-state index contributed by atoms with van der Waals surface area (Å²) in [5.41, 5.74) is 2.84. The highest BCUT2D eigenvalue weighted by atomic mass is 35.5. The summed E-state index contributed by atoms with van der Waals surface area (Å²) in [6, 6.07) is 21.2. The fraction of sp³-hybridized carbons (Fsp3) is 0.250. The van der Waals surface area contributed by atoms with Crippen molar-refractivity contribution < 1.29 is 52.6 Å². The first-order valence-corrected chi connectivity index (χ1v) is 17.5. The van der Waals surface area contributed by atoms with Crippen molar-refractivity contribution >= 4 is 45.5 Å². The van der Waals surface area contributed by atoms with Gasteiger partial charge >= 0.3 is 5.97 Å². The lowest BCUT2D eigenvalue weighted by Gasteiger charge is -2.28. The fourth-order valence-corrected chi connectivity index (χ4v) is 6.74. The number of aldehydes is 1. The van der Waals surface area contributed by atoms with E-state index >= 15 is 0 Å². The second kappa shape index (κ2) is 14.8. The first-order chi connectivity index (χ1) is 25.5. The van der Waals surface area contributed by atoms with Gasteiger partial charge in [0.15, 0.2) is 41.5 Å². The van der Waals surface area contributed by atoms with Gasteiger partial charge < -0.3 is 43.0 Å². The Morgan fingerprint density at radius 1 is 0.660 bits per heavy atom. The van der Waals surface area contributed by atoms with Gasteiger partial charge in [0.2, 0.25) is 13.6 Å². The first kappa shape index (κ1) is 35.9. The summed E-state index contributed by atoms with van der Waals surface area (Å²) in [4.78, 5) is 23.7. The van der Waals surface area contributed by atoms with E-state index in [1.807, 2.05) is 45.9 Å². The van der Waals surface area contributed by atoms with E-state index in [-0.39, 0.29) is 36.4 Å². The minimum atomic E-state index is -1.15. The number of benzene rings is 4. The summed E-state index contributed by atoms with van der Waals surface area (Å²) in [5, 5.41) is 10.2. The Morgan fingerprint density at radius 3 is 1.60 bits per heavy atom. The van der Waals surface area contributed by atoms with Gasteiger partial charge in [-0.25, -0.2) is 4.79 Å². The Morgan fingerprint density at radius 2 is 1.11 bits per heavy atom. The van der Waals surface area contributed by atoms with Gasteiger partial charge in [-0.2, -0.15) is 0 Å². The number of ether oxygens (including phenoxy) is 8. The number of hydrogen-bond acceptors (Lipinski definition) is 10. The number of carboxylic acid groups (broad SMARTS) is 1. The van der Waals surface area contributed by atoms with Gasteiger partial charge in [0.05, 0.1) is 27.8 Å². The molecular weight excluding hydrogens is 727 g/mol. The van der Waals surface area contributed by atoms with Crippen LogP contribution in [0.3, 0.4) is 0 Å². The van der Waals surface area contributed by atoms with Crippen LogP contribution in [0.15, 0.2) is 83.9 Å². The average molecular weight is 762 g/mol. The molecule has 0 fully saturated rings. The molecule has 274 valence electrons. The van der Waals surface area contributed by atoms with Crippen molar-refractivity contribution in [3.05, 3.63) is 106 Å². The van der Waals surface area contributed by atoms with Crippen LogP contribution in [0.1, 0.15) is 62.2 Å². The summed E-state index contributed by atoms with van der Waals surface area (Å²) in [7, 11) is 0. The summed E-state index contributed by atoms with van der Waals surface area (Å²) >= 11 is 13.0. The molecule has 4 aromatic carbocycles. The Balaban J connectivity index is 0.000000164. The third-order valence-corrected chi connectivity index (χ3v) is 9.23. The van der Waals surface area contributed by atoms with Gasteiger partial charge in [0.1, 0.15) is 28.6 Å². The lowest BCUT2D eigenvalue weighted by molar-refractivity contribution is -0.133. The molecule has 4 aromatic rings. The molecule has 0 spiro atoms. The van der Waals surface area contributed by atoms with E-state index in [1.54, 1.807) is 54.6 Å². The van der Waals surface area contributed by atoms with Crippen molar-refractivity contribution in [3.8, 4) is 46.0 Å². The molecule has 0 amide bonds. The van der Waals surface area contributed by atoms with Crippen molar-refractivity contribution in [2.75, 3.05) is 13.6 Å². The molecule has 0 saturated carbocycles. The van der Waals surface area contributed by atoms with Crippen LogP contribution in [-0.4, -0.2) is 43.2 Å². The maximum atomic E-state index is 11.9. The molecule has 53 heavy (non-hydrogen) atoms. The number of hydrogen-bond donors (Lipinski definition) is 1. The summed E-state index contributed by atoms with van der Waals surface area (Å²) in [6.07, 6.45) is -0.730. The minimum Gasteiger partial charge on any atom is -0.491 e. The van der Waals surface area contributed by atoms with Crippen molar-refractivity contribution in [1.82, 2.24) is 0 Å². The lowest BCUT2D eigenvalue weighted by atomic mass is 9.95. The van der Waals surface area contributed by atoms with Crippen molar-refractivity contribution in [3.63, 3.8) is 0 Å². The first-order valence-electron chi connectivity index (χ1n) is 16.7. The van der Waals surface area contributed by atoms with Crippen LogP contribution in [-0.2, 0) is 9.59 Å². The monoisotopic (exact) mass is 760 g/mol. The van der Waals surface area contributed by atoms with Crippen LogP contribution >= 0.6 is 23.2 Å². The van der Waals surface area contributed by atoms with Crippen molar-refractivity contribution in [2.24, 2.45) is 0 Å². The van der Waals surface area contributed by atoms with E-state index in [4.69, 9.17) is 61.1 Å². The molecule has 8 rings (SSSR count). The predicted molar refractivity (Wildman–Crippen MR) is 196 cm³/mol. The third-order valence-electron chi connectivity index (χ3n) is 8.40. The average Bonchev–Trinajstić information content (AvgIpc) is 3.81. The number of carbonyl (C=O) groups excluding carboxylic acids is 1. The topological polar surface area (TPSA) is 128 Å². The van der Waals surface area contributed by atoms with E-state index in [0.29, 0.717) is 73.3 Å². The number of fused-ring (bicyclic) bond motifs is 4. The van der Waals surface area contributed by atoms with E-state index in [1.165, 1.54) is 0 Å². The standard InChI is InChI=1S/C20H17ClO6.C20H17ClO5/c1-10(2)26-12-4-6-14-13(8-12)18(21)17(20(22)23)19(27-14)11-3-5-15-16(7-11)25-9-24-15;1-11(2)25-13-4-6-16-14(8-13)19(21)15(9-22)20(26-16)12-3-5-17-18(7-12)24-10-23-17/h3-8,10,19H,9H2,1-2H3,(H,22,23);3-9,11,20H,10H2,1-2H3. The normalized spacial score (nSPS) is 17.7. The van der Waals surface area contributed by atoms with E-state index in [2.05, 4.69) is 0 Å². The van der Waals surface area contributed by atoms with Crippen molar-refractivity contribution in [1.29, 1.82) is 0 Å². The molecule has 4 aliphatic heterocycles. The molecule has 1 N–H and O–H groups in total. The van der Waals surface area contributed by atoms with E-state index in [0.717, 1.165) is 11.8 Å². The number of halogens is 2. The molecule has 0 aliphatic carbocycles. The summed E-state index contributed by atoms with van der Waals surface area (Å²) in [5.74, 6) is 3.65. The minimum absolute atomic E-state index is 0.0179. The maximum absolute atomic E-state index is 11.9. The highest BCUT2D eigenvalue weighted by Gasteiger charge is 2.35. The predicted octanol–water partition coefficient (Wildman–Crippen LogP) is 8.86. The summed E-state index contributed by atoms with van der Waals surface area (Å²) in [6.45, 7) is 8.02. The smallest absolute Gasteiger partial charge is 0.337 e. The van der Waals surface area contributed by atoms with Gasteiger partial charge in [0.25, 0.3) is 0 Å². The maximum Gasteiger partial charge on any atom is 0.337 e. The van der Waals surface area contributed by atoms with E-state index < -0.39 is 18.2 Å². The molecule has 11 nitrogen and oxygen atoms in total. The van der Waals surface area contributed by atoms with Gasteiger partial charge in [-0.3, -0.25) is 4.79 Å². The largest absolute Gasteiger partial charge is 0.491 e. The lowest BCUT2D eigenvalue weighted by Crippen LogP contribution is -2.22. The van der Waals surface area contributed by atoms with Gasteiger partial charge in [-0.15, -0.1) is 0 Å². The van der Waals surface area contributed by atoms with Crippen LogP contribution in [0.25, 0.3) is 10.1 Å². The summed E-state index contributed by atoms with van der Waals surface area (Å²) < 4.78 is 44.9. The molecule has 0 radical (unpaired) electrons. The molecule has 2 unspecified atom stereocenters. The molecular formula is C40H34Cl2O11.